The molecule has 2 heterocycles. The summed E-state index contributed by atoms with van der Waals surface area (Å²) in [5.74, 6) is 0.292. The van der Waals surface area contributed by atoms with E-state index in [0.29, 0.717) is 0 Å². The molecule has 0 saturated carbocycles. The molecule has 0 radical (unpaired) electrons. The number of hydrogen-bond donors (Lipinski definition) is 2. The van der Waals surface area contributed by atoms with E-state index in [1.165, 1.54) is 0 Å². The molecule has 1 aromatic rings. The molecule has 0 aromatic heterocycles. The molecule has 3 rings (SSSR count). The number of piperidine rings is 1. The van der Waals surface area contributed by atoms with Crippen molar-refractivity contribution in [2.24, 2.45) is 5.92 Å². The average Bonchev–Trinajstić information content (AvgIpc) is 2.81. The van der Waals surface area contributed by atoms with Crippen molar-refractivity contribution in [1.29, 1.82) is 0 Å². The zero-order valence-electron chi connectivity index (χ0n) is 11.2. The summed E-state index contributed by atoms with van der Waals surface area (Å²) in [6.45, 7) is 3.47. The molecule has 19 heavy (non-hydrogen) atoms. The van der Waals surface area contributed by atoms with Crippen molar-refractivity contribution >= 4 is 11.6 Å². The number of fused-ring (bicyclic) bond motifs is 1. The highest BCUT2D eigenvalue weighted by Crippen LogP contribution is 2.35. The van der Waals surface area contributed by atoms with Crippen LogP contribution >= 0.6 is 0 Å². The van der Waals surface area contributed by atoms with Crippen LogP contribution in [-0.4, -0.2) is 30.1 Å². The molecule has 0 aliphatic carbocycles. The topological polar surface area (TPSA) is 52.6 Å². The van der Waals surface area contributed by atoms with Crippen molar-refractivity contribution in [2.75, 3.05) is 18.0 Å². The maximum Gasteiger partial charge on any atom is 0.225 e. The normalized spacial score (nSPS) is 27.9. The van der Waals surface area contributed by atoms with Gasteiger partial charge in [-0.2, -0.15) is 0 Å². The van der Waals surface area contributed by atoms with Gasteiger partial charge in [0.15, 0.2) is 0 Å². The van der Waals surface area contributed by atoms with Crippen LogP contribution in [0.2, 0.25) is 0 Å². The van der Waals surface area contributed by atoms with Crippen molar-refractivity contribution in [3.05, 3.63) is 29.8 Å². The minimum atomic E-state index is -0.485. The second kappa shape index (κ2) is 4.85. The Morgan fingerprint density at radius 1 is 1.42 bits per heavy atom. The molecular weight excluding hydrogens is 240 g/mol. The molecule has 3 unspecified atom stereocenters. The Balaban J connectivity index is 1.95. The SMILES string of the molecule is CC(O)c1ccccc1N1CCCC2C(=O)NCC21. The molecule has 4 nitrogen and oxygen atoms in total. The molecular formula is C15H20N2O2. The molecule has 1 amide bonds. The van der Waals surface area contributed by atoms with Crippen LogP contribution in [-0.2, 0) is 4.79 Å². The highest BCUT2D eigenvalue weighted by atomic mass is 16.3. The van der Waals surface area contributed by atoms with E-state index in [4.69, 9.17) is 0 Å². The number of nitrogens with one attached hydrogen (secondary N) is 1. The Labute approximate surface area is 113 Å². The molecule has 102 valence electrons. The van der Waals surface area contributed by atoms with Crippen LogP contribution in [0.5, 0.6) is 0 Å². The first-order chi connectivity index (χ1) is 9.18. The van der Waals surface area contributed by atoms with Gasteiger partial charge in [-0.1, -0.05) is 18.2 Å². The third-order valence-electron chi connectivity index (χ3n) is 4.30. The Bertz CT molecular complexity index is 487. The van der Waals surface area contributed by atoms with E-state index < -0.39 is 6.10 Å². The highest BCUT2D eigenvalue weighted by molar-refractivity contribution is 5.83. The summed E-state index contributed by atoms with van der Waals surface area (Å²) in [6.07, 6.45) is 1.52. The monoisotopic (exact) mass is 260 g/mol. The predicted molar refractivity (Wildman–Crippen MR) is 73.9 cm³/mol. The van der Waals surface area contributed by atoms with Gasteiger partial charge in [0.05, 0.1) is 18.1 Å². The lowest BCUT2D eigenvalue weighted by molar-refractivity contribution is -0.122. The lowest BCUT2D eigenvalue weighted by Crippen LogP contribution is -2.46. The highest BCUT2D eigenvalue weighted by Gasteiger charge is 2.41. The van der Waals surface area contributed by atoms with Crippen LogP contribution in [0.3, 0.4) is 0 Å². The van der Waals surface area contributed by atoms with Gasteiger partial charge in [-0.15, -0.1) is 0 Å². The molecule has 2 N–H and O–H groups in total. The molecule has 2 aliphatic heterocycles. The Kier molecular flexibility index (Phi) is 3.19. The molecule has 4 heteroatoms. The van der Waals surface area contributed by atoms with Crippen LogP contribution in [0, 0.1) is 5.92 Å². The smallest absolute Gasteiger partial charge is 0.225 e. The van der Waals surface area contributed by atoms with Crippen LogP contribution in [0.25, 0.3) is 0 Å². The number of carbonyl (C=O) groups excluding carboxylic acids is 1. The Hall–Kier alpha value is -1.55. The zero-order chi connectivity index (χ0) is 13.4. The molecule has 0 spiro atoms. The van der Waals surface area contributed by atoms with E-state index in [1.807, 2.05) is 24.3 Å². The molecule has 1 aromatic carbocycles. The lowest BCUT2D eigenvalue weighted by Gasteiger charge is -2.39. The van der Waals surface area contributed by atoms with Gasteiger partial charge < -0.3 is 15.3 Å². The fourth-order valence-electron chi connectivity index (χ4n) is 3.35. The second-order valence-corrected chi connectivity index (χ2v) is 5.49. The average molecular weight is 260 g/mol. The summed E-state index contributed by atoms with van der Waals surface area (Å²) in [5, 5.41) is 12.9. The largest absolute Gasteiger partial charge is 0.389 e. The third kappa shape index (κ3) is 2.10. The summed E-state index contributed by atoms with van der Waals surface area (Å²) in [6, 6.07) is 8.20. The number of aliphatic hydroxyl groups is 1. The summed E-state index contributed by atoms with van der Waals surface area (Å²) in [7, 11) is 0. The summed E-state index contributed by atoms with van der Waals surface area (Å²) in [4.78, 5) is 14.1. The molecule has 3 atom stereocenters. The first-order valence-corrected chi connectivity index (χ1v) is 7.00. The van der Waals surface area contributed by atoms with E-state index in [-0.39, 0.29) is 17.9 Å². The lowest BCUT2D eigenvalue weighted by atomic mass is 9.90. The number of aliphatic hydroxyl groups excluding tert-OH is 1. The summed E-state index contributed by atoms with van der Waals surface area (Å²) < 4.78 is 0. The number of carbonyl (C=O) groups is 1. The zero-order valence-corrected chi connectivity index (χ0v) is 11.2. The first kappa shape index (κ1) is 12.5. The van der Waals surface area contributed by atoms with Gasteiger partial charge in [0.2, 0.25) is 5.91 Å². The van der Waals surface area contributed by atoms with Crippen molar-refractivity contribution in [3.8, 4) is 0 Å². The Morgan fingerprint density at radius 3 is 3.00 bits per heavy atom. The molecule has 0 bridgehead atoms. The molecule has 2 saturated heterocycles. The minimum Gasteiger partial charge on any atom is -0.389 e. The van der Waals surface area contributed by atoms with Crippen LogP contribution in [0.15, 0.2) is 24.3 Å². The maximum absolute atomic E-state index is 11.8. The number of hydrogen-bond acceptors (Lipinski definition) is 3. The molecule has 2 fully saturated rings. The minimum absolute atomic E-state index is 0.107. The second-order valence-electron chi connectivity index (χ2n) is 5.49. The summed E-state index contributed by atoms with van der Waals surface area (Å²) in [5.41, 5.74) is 2.02. The van der Waals surface area contributed by atoms with Crippen molar-refractivity contribution < 1.29 is 9.90 Å². The van der Waals surface area contributed by atoms with Crippen LogP contribution in [0.1, 0.15) is 31.4 Å². The first-order valence-electron chi connectivity index (χ1n) is 7.00. The van der Waals surface area contributed by atoms with Gasteiger partial charge in [-0.25, -0.2) is 0 Å². The van der Waals surface area contributed by atoms with Crippen molar-refractivity contribution in [2.45, 2.75) is 31.9 Å². The quantitative estimate of drug-likeness (QED) is 0.846. The van der Waals surface area contributed by atoms with Gasteiger partial charge in [-0.05, 0) is 25.8 Å². The van der Waals surface area contributed by atoms with Gasteiger partial charge in [0, 0.05) is 24.3 Å². The van der Waals surface area contributed by atoms with Gasteiger partial charge in [0.25, 0.3) is 0 Å². The fourth-order valence-corrected chi connectivity index (χ4v) is 3.35. The van der Waals surface area contributed by atoms with Gasteiger partial charge in [0.1, 0.15) is 0 Å². The van der Waals surface area contributed by atoms with Gasteiger partial charge in [-0.3, -0.25) is 4.79 Å². The molecule has 2 aliphatic rings. The number of nitrogens with zero attached hydrogens (tertiary/aromatic N) is 1. The fraction of sp³-hybridized carbons (Fsp3) is 0.533. The Morgan fingerprint density at radius 2 is 2.21 bits per heavy atom. The van der Waals surface area contributed by atoms with Crippen LogP contribution < -0.4 is 10.2 Å². The maximum atomic E-state index is 11.8. The predicted octanol–water partition coefficient (Wildman–Crippen LogP) is 1.45. The van der Waals surface area contributed by atoms with Crippen molar-refractivity contribution in [1.82, 2.24) is 5.32 Å². The number of benzene rings is 1. The van der Waals surface area contributed by atoms with Crippen molar-refractivity contribution in [3.63, 3.8) is 0 Å². The van der Waals surface area contributed by atoms with E-state index >= 15 is 0 Å². The number of anilines is 1. The number of para-hydroxylation sites is 1. The van der Waals surface area contributed by atoms with Gasteiger partial charge >= 0.3 is 0 Å². The van der Waals surface area contributed by atoms with E-state index in [9.17, 15) is 9.90 Å². The standard InChI is InChI=1S/C15H20N2O2/c1-10(18)11-5-2-3-7-13(11)17-8-4-6-12-14(17)9-16-15(12)19/h2-3,5,7,10,12,14,18H,4,6,8-9H2,1H3,(H,16,19). The number of amides is 1. The van der Waals surface area contributed by atoms with E-state index in [0.717, 1.165) is 37.2 Å². The van der Waals surface area contributed by atoms with Crippen LogP contribution in [0.4, 0.5) is 5.69 Å². The summed E-state index contributed by atoms with van der Waals surface area (Å²) >= 11 is 0. The van der Waals surface area contributed by atoms with E-state index in [2.05, 4.69) is 10.2 Å². The van der Waals surface area contributed by atoms with E-state index in [1.54, 1.807) is 6.92 Å². The third-order valence-corrected chi connectivity index (χ3v) is 4.30. The number of rotatable bonds is 2.